The van der Waals surface area contributed by atoms with Crippen LogP contribution in [0.1, 0.15) is 43.5 Å². The zero-order chi connectivity index (χ0) is 16.9. The first kappa shape index (κ1) is 17.6. The number of anilines is 1. The molecular weight excluding hydrogens is 292 g/mol. The number of benzene rings is 1. The first-order valence-electron chi connectivity index (χ1n) is 8.16. The van der Waals surface area contributed by atoms with Gasteiger partial charge in [0.15, 0.2) is 5.78 Å². The molecule has 5 nitrogen and oxygen atoms in total. The SMILES string of the molecule is CC(=O)c1ccc(NC(=O)CCN2CCCC(C)(CO)C2)cc1. The molecule has 1 unspecified atom stereocenters. The van der Waals surface area contributed by atoms with Gasteiger partial charge >= 0.3 is 0 Å². The first-order chi connectivity index (χ1) is 10.9. The molecule has 1 aromatic rings. The summed E-state index contributed by atoms with van der Waals surface area (Å²) in [5, 5.41) is 12.3. The lowest BCUT2D eigenvalue weighted by atomic mass is 9.83. The molecule has 1 fully saturated rings. The normalized spacial score (nSPS) is 21.9. The molecule has 1 aliphatic rings. The Kier molecular flexibility index (Phi) is 5.91. The number of hydrogen-bond acceptors (Lipinski definition) is 4. The molecule has 2 N–H and O–H groups in total. The summed E-state index contributed by atoms with van der Waals surface area (Å²) in [6.07, 6.45) is 2.52. The predicted molar refractivity (Wildman–Crippen MR) is 90.6 cm³/mol. The summed E-state index contributed by atoms with van der Waals surface area (Å²) >= 11 is 0. The molecule has 1 saturated heterocycles. The highest BCUT2D eigenvalue weighted by Gasteiger charge is 2.30. The van der Waals surface area contributed by atoms with Gasteiger partial charge in [-0.05, 0) is 50.6 Å². The maximum Gasteiger partial charge on any atom is 0.225 e. The lowest BCUT2D eigenvalue weighted by Crippen LogP contribution is -2.44. The van der Waals surface area contributed by atoms with Crippen molar-refractivity contribution in [3.05, 3.63) is 29.8 Å². The van der Waals surface area contributed by atoms with E-state index in [-0.39, 0.29) is 23.7 Å². The van der Waals surface area contributed by atoms with E-state index in [2.05, 4.69) is 17.1 Å². The van der Waals surface area contributed by atoms with Crippen molar-refractivity contribution in [3.63, 3.8) is 0 Å². The van der Waals surface area contributed by atoms with Crippen LogP contribution in [0.2, 0.25) is 0 Å². The molecule has 0 radical (unpaired) electrons. The molecule has 0 aromatic heterocycles. The van der Waals surface area contributed by atoms with Crippen molar-refractivity contribution < 1.29 is 14.7 Å². The summed E-state index contributed by atoms with van der Waals surface area (Å²) in [7, 11) is 0. The van der Waals surface area contributed by atoms with Crippen LogP contribution in [0, 0.1) is 5.41 Å². The van der Waals surface area contributed by atoms with Gasteiger partial charge in [-0.1, -0.05) is 6.92 Å². The lowest BCUT2D eigenvalue weighted by Gasteiger charge is -2.39. The fourth-order valence-corrected chi connectivity index (χ4v) is 3.02. The third-order valence-corrected chi connectivity index (χ3v) is 4.47. The Morgan fingerprint density at radius 1 is 1.30 bits per heavy atom. The van der Waals surface area contributed by atoms with Crippen LogP contribution in [-0.2, 0) is 4.79 Å². The van der Waals surface area contributed by atoms with Crippen LogP contribution < -0.4 is 5.32 Å². The molecule has 126 valence electrons. The highest BCUT2D eigenvalue weighted by molar-refractivity contribution is 5.95. The van der Waals surface area contributed by atoms with Crippen molar-refractivity contribution >= 4 is 17.4 Å². The Labute approximate surface area is 137 Å². The van der Waals surface area contributed by atoms with Gasteiger partial charge in [0.25, 0.3) is 0 Å². The standard InChI is InChI=1S/C18H26N2O3/c1-14(22)15-4-6-16(7-5-15)19-17(23)8-11-20-10-3-9-18(2,12-20)13-21/h4-7,21H,3,8-13H2,1-2H3,(H,19,23). The van der Waals surface area contributed by atoms with Crippen molar-refractivity contribution in [1.82, 2.24) is 4.90 Å². The van der Waals surface area contributed by atoms with E-state index in [9.17, 15) is 14.7 Å². The molecular formula is C18H26N2O3. The van der Waals surface area contributed by atoms with Gasteiger partial charge in [-0.3, -0.25) is 9.59 Å². The van der Waals surface area contributed by atoms with Crippen LogP contribution >= 0.6 is 0 Å². The minimum atomic E-state index is -0.0444. The number of Topliss-reactive ketones (excluding diaryl/α,β-unsaturated/α-hetero) is 1. The second-order valence-electron chi connectivity index (χ2n) is 6.78. The van der Waals surface area contributed by atoms with E-state index in [1.807, 2.05) is 0 Å². The zero-order valence-electron chi connectivity index (χ0n) is 14.0. The Morgan fingerprint density at radius 2 is 2.00 bits per heavy atom. The van der Waals surface area contributed by atoms with Crippen molar-refractivity contribution in [1.29, 1.82) is 0 Å². The Bertz CT molecular complexity index is 556. The number of ketones is 1. The number of carbonyl (C=O) groups excluding carboxylic acids is 2. The van der Waals surface area contributed by atoms with Gasteiger partial charge < -0.3 is 15.3 Å². The second-order valence-corrected chi connectivity index (χ2v) is 6.78. The fourth-order valence-electron chi connectivity index (χ4n) is 3.02. The summed E-state index contributed by atoms with van der Waals surface area (Å²) in [6, 6.07) is 6.93. The molecule has 0 spiro atoms. The summed E-state index contributed by atoms with van der Waals surface area (Å²) in [5.41, 5.74) is 1.30. The lowest BCUT2D eigenvalue weighted by molar-refractivity contribution is -0.116. The van der Waals surface area contributed by atoms with Crippen LogP contribution in [0.15, 0.2) is 24.3 Å². The van der Waals surface area contributed by atoms with Crippen molar-refractivity contribution in [2.45, 2.75) is 33.1 Å². The number of amides is 1. The fraction of sp³-hybridized carbons (Fsp3) is 0.556. The second kappa shape index (κ2) is 7.70. The van der Waals surface area contributed by atoms with Gasteiger partial charge in [-0.2, -0.15) is 0 Å². The van der Waals surface area contributed by atoms with Crippen LogP contribution in [0.25, 0.3) is 0 Å². The van der Waals surface area contributed by atoms with Gasteiger partial charge in [-0.25, -0.2) is 0 Å². The highest BCUT2D eigenvalue weighted by atomic mass is 16.3. The van der Waals surface area contributed by atoms with E-state index < -0.39 is 0 Å². The first-order valence-corrected chi connectivity index (χ1v) is 8.16. The molecule has 1 aliphatic heterocycles. The Morgan fingerprint density at radius 3 is 2.61 bits per heavy atom. The van der Waals surface area contributed by atoms with Crippen molar-refractivity contribution in [3.8, 4) is 0 Å². The van der Waals surface area contributed by atoms with Crippen LogP contribution in [0.4, 0.5) is 5.69 Å². The molecule has 1 atom stereocenters. The quantitative estimate of drug-likeness (QED) is 0.790. The predicted octanol–water partition coefficient (Wildman–Crippen LogP) is 2.31. The molecule has 0 bridgehead atoms. The van der Waals surface area contributed by atoms with Crippen LogP contribution in [0.3, 0.4) is 0 Å². The minimum absolute atomic E-state index is 0.0138. The summed E-state index contributed by atoms with van der Waals surface area (Å²) in [5.74, 6) is -0.0169. The highest BCUT2D eigenvalue weighted by Crippen LogP contribution is 2.28. The van der Waals surface area contributed by atoms with Crippen molar-refractivity contribution in [2.24, 2.45) is 5.41 Å². The molecule has 1 heterocycles. The number of piperidine rings is 1. The topological polar surface area (TPSA) is 69.6 Å². The Hall–Kier alpha value is -1.72. The summed E-state index contributed by atoms with van der Waals surface area (Å²) < 4.78 is 0. The summed E-state index contributed by atoms with van der Waals surface area (Å²) in [4.78, 5) is 25.5. The van der Waals surface area contributed by atoms with E-state index in [0.717, 1.165) is 25.9 Å². The van der Waals surface area contributed by atoms with E-state index in [1.165, 1.54) is 6.92 Å². The Balaban J connectivity index is 1.79. The van der Waals surface area contributed by atoms with Crippen molar-refractivity contribution in [2.75, 3.05) is 31.6 Å². The number of rotatable bonds is 6. The molecule has 0 saturated carbocycles. The van der Waals surface area contributed by atoms with E-state index in [4.69, 9.17) is 0 Å². The van der Waals surface area contributed by atoms with E-state index in [0.29, 0.717) is 24.2 Å². The molecule has 0 aliphatic carbocycles. The number of carbonyl (C=O) groups is 2. The van der Waals surface area contributed by atoms with Crippen LogP contribution in [0.5, 0.6) is 0 Å². The minimum Gasteiger partial charge on any atom is -0.396 e. The summed E-state index contributed by atoms with van der Waals surface area (Å²) in [6.45, 7) is 6.33. The van der Waals surface area contributed by atoms with Gasteiger partial charge in [0.05, 0.1) is 0 Å². The maximum atomic E-state index is 12.1. The third kappa shape index (κ3) is 5.15. The number of hydrogen-bond donors (Lipinski definition) is 2. The molecule has 1 amide bonds. The number of likely N-dealkylation sites (tertiary alicyclic amines) is 1. The average Bonchev–Trinajstić information content (AvgIpc) is 2.53. The molecule has 1 aromatic carbocycles. The molecule has 5 heteroatoms. The number of nitrogens with one attached hydrogen (secondary N) is 1. The number of aliphatic hydroxyl groups is 1. The van der Waals surface area contributed by atoms with E-state index >= 15 is 0 Å². The molecule has 2 rings (SSSR count). The van der Waals surface area contributed by atoms with Gasteiger partial charge in [0.2, 0.25) is 5.91 Å². The zero-order valence-corrected chi connectivity index (χ0v) is 14.0. The largest absolute Gasteiger partial charge is 0.396 e. The third-order valence-electron chi connectivity index (χ3n) is 4.47. The smallest absolute Gasteiger partial charge is 0.225 e. The number of aliphatic hydroxyl groups excluding tert-OH is 1. The monoisotopic (exact) mass is 318 g/mol. The van der Waals surface area contributed by atoms with Gasteiger partial charge in [-0.15, -0.1) is 0 Å². The van der Waals surface area contributed by atoms with Gasteiger partial charge in [0, 0.05) is 42.8 Å². The average molecular weight is 318 g/mol. The van der Waals surface area contributed by atoms with E-state index in [1.54, 1.807) is 24.3 Å². The molecule has 23 heavy (non-hydrogen) atoms. The van der Waals surface area contributed by atoms with Gasteiger partial charge in [0.1, 0.15) is 0 Å². The van der Waals surface area contributed by atoms with Crippen LogP contribution in [-0.4, -0.2) is 47.9 Å². The maximum absolute atomic E-state index is 12.1. The number of nitrogens with zero attached hydrogens (tertiary/aromatic N) is 1.